The Morgan fingerprint density at radius 1 is 1.27 bits per heavy atom. The summed E-state index contributed by atoms with van der Waals surface area (Å²) >= 11 is 0. The molecule has 1 aliphatic rings. The number of nitrogens with one attached hydrogen (secondary N) is 1. The predicted octanol–water partition coefficient (Wildman–Crippen LogP) is 2.36. The Morgan fingerprint density at radius 3 is 2.92 bits per heavy atom. The van der Waals surface area contributed by atoms with Crippen molar-refractivity contribution < 1.29 is 4.79 Å². The standard InChI is InChI=1S/C20H20N4O2/c21-20(26)13-6-7-16-15(10-13)19(25)11-14(23-16)12-24-9-3-5-18(24)17-4-1-2-8-22-17/h1-2,4,6-8,10-11,18H,3,5,9,12H2,(H2,21,26)(H,23,25)/t18-/m1/s1. The number of hydrogen-bond acceptors (Lipinski definition) is 4. The van der Waals surface area contributed by atoms with E-state index in [4.69, 9.17) is 5.73 Å². The molecule has 1 aromatic carbocycles. The number of nitrogens with zero attached hydrogens (tertiary/aromatic N) is 2. The zero-order valence-electron chi connectivity index (χ0n) is 14.3. The fourth-order valence-corrected chi connectivity index (χ4v) is 3.68. The van der Waals surface area contributed by atoms with Gasteiger partial charge in [0.25, 0.3) is 0 Å². The molecule has 1 fully saturated rings. The molecule has 1 aliphatic heterocycles. The molecular weight excluding hydrogens is 328 g/mol. The number of amides is 1. The van der Waals surface area contributed by atoms with E-state index in [0.717, 1.165) is 30.8 Å². The average Bonchev–Trinajstić information content (AvgIpc) is 3.10. The number of carbonyl (C=O) groups is 1. The van der Waals surface area contributed by atoms with Crippen molar-refractivity contribution >= 4 is 16.8 Å². The smallest absolute Gasteiger partial charge is 0.248 e. The number of nitrogens with two attached hydrogens (primary N) is 1. The van der Waals surface area contributed by atoms with Gasteiger partial charge < -0.3 is 10.7 Å². The Balaban J connectivity index is 1.64. The highest BCUT2D eigenvalue weighted by atomic mass is 16.1. The van der Waals surface area contributed by atoms with E-state index in [1.54, 1.807) is 24.3 Å². The number of pyridine rings is 2. The number of rotatable bonds is 4. The lowest BCUT2D eigenvalue weighted by Gasteiger charge is -2.24. The van der Waals surface area contributed by atoms with E-state index in [9.17, 15) is 9.59 Å². The van der Waals surface area contributed by atoms with Crippen molar-refractivity contribution in [1.82, 2.24) is 14.9 Å². The second-order valence-corrected chi connectivity index (χ2v) is 6.67. The second-order valence-electron chi connectivity index (χ2n) is 6.67. The molecule has 1 atom stereocenters. The molecule has 3 N–H and O–H groups in total. The summed E-state index contributed by atoms with van der Waals surface area (Å²) in [5.74, 6) is -0.536. The van der Waals surface area contributed by atoms with Crippen LogP contribution in [0.1, 0.15) is 40.6 Å². The Hall–Kier alpha value is -2.99. The molecule has 6 nitrogen and oxygen atoms in total. The minimum absolute atomic E-state index is 0.106. The van der Waals surface area contributed by atoms with E-state index >= 15 is 0 Å². The van der Waals surface area contributed by atoms with E-state index in [1.165, 1.54) is 0 Å². The first-order chi connectivity index (χ1) is 12.6. The maximum absolute atomic E-state index is 12.5. The molecule has 26 heavy (non-hydrogen) atoms. The van der Waals surface area contributed by atoms with Crippen molar-refractivity contribution in [2.75, 3.05) is 6.54 Å². The first-order valence-corrected chi connectivity index (χ1v) is 8.72. The minimum Gasteiger partial charge on any atom is -0.366 e. The van der Waals surface area contributed by atoms with Crippen LogP contribution in [-0.2, 0) is 6.54 Å². The van der Waals surface area contributed by atoms with E-state index in [-0.39, 0.29) is 11.5 Å². The van der Waals surface area contributed by atoms with Crippen molar-refractivity contribution in [2.24, 2.45) is 5.73 Å². The van der Waals surface area contributed by atoms with E-state index in [1.807, 2.05) is 18.3 Å². The molecule has 4 rings (SSSR count). The van der Waals surface area contributed by atoms with Gasteiger partial charge in [0.05, 0.1) is 11.7 Å². The fraction of sp³-hybridized carbons (Fsp3) is 0.250. The molecule has 0 saturated carbocycles. The van der Waals surface area contributed by atoms with Crippen LogP contribution in [0.3, 0.4) is 0 Å². The zero-order valence-corrected chi connectivity index (χ0v) is 14.3. The number of hydrogen-bond donors (Lipinski definition) is 2. The van der Waals surface area contributed by atoms with Gasteiger partial charge in [-0.1, -0.05) is 6.07 Å². The quantitative estimate of drug-likeness (QED) is 0.757. The molecule has 3 aromatic rings. The van der Waals surface area contributed by atoms with Crippen molar-refractivity contribution in [3.63, 3.8) is 0 Å². The molecule has 0 aliphatic carbocycles. The summed E-state index contributed by atoms with van der Waals surface area (Å²) in [6.07, 6.45) is 4.00. The Bertz CT molecular complexity index is 1010. The summed E-state index contributed by atoms with van der Waals surface area (Å²) in [7, 11) is 0. The summed E-state index contributed by atoms with van der Waals surface area (Å²) in [4.78, 5) is 34.0. The molecule has 0 radical (unpaired) electrons. The lowest BCUT2D eigenvalue weighted by atomic mass is 10.1. The molecule has 2 aromatic heterocycles. The van der Waals surface area contributed by atoms with Gasteiger partial charge in [0.15, 0.2) is 5.43 Å². The number of primary amides is 1. The van der Waals surface area contributed by atoms with Crippen LogP contribution in [0.5, 0.6) is 0 Å². The Labute approximate surface area is 150 Å². The normalized spacial score (nSPS) is 17.6. The van der Waals surface area contributed by atoms with Crippen LogP contribution in [0.4, 0.5) is 0 Å². The first kappa shape index (κ1) is 16.5. The monoisotopic (exact) mass is 348 g/mol. The summed E-state index contributed by atoms with van der Waals surface area (Å²) in [5.41, 5.74) is 8.17. The van der Waals surface area contributed by atoms with Gasteiger partial charge in [-0.2, -0.15) is 0 Å². The number of carbonyl (C=O) groups excluding carboxylic acids is 1. The number of likely N-dealkylation sites (tertiary alicyclic amines) is 1. The van der Waals surface area contributed by atoms with E-state index in [0.29, 0.717) is 23.0 Å². The van der Waals surface area contributed by atoms with Gasteiger partial charge in [-0.25, -0.2) is 0 Å². The first-order valence-electron chi connectivity index (χ1n) is 8.72. The third-order valence-electron chi connectivity index (χ3n) is 4.94. The summed E-state index contributed by atoms with van der Waals surface area (Å²) in [6, 6.07) is 12.8. The zero-order chi connectivity index (χ0) is 18.1. The third kappa shape index (κ3) is 3.11. The molecule has 132 valence electrons. The summed E-state index contributed by atoms with van der Waals surface area (Å²) in [5, 5.41) is 0.479. The van der Waals surface area contributed by atoms with Crippen LogP contribution >= 0.6 is 0 Å². The van der Waals surface area contributed by atoms with Crippen LogP contribution in [-0.4, -0.2) is 27.3 Å². The van der Waals surface area contributed by atoms with Crippen LogP contribution < -0.4 is 11.2 Å². The van der Waals surface area contributed by atoms with Crippen LogP contribution in [0.2, 0.25) is 0 Å². The van der Waals surface area contributed by atoms with Gasteiger partial charge in [-0.05, 0) is 49.7 Å². The van der Waals surface area contributed by atoms with Gasteiger partial charge >= 0.3 is 0 Å². The van der Waals surface area contributed by atoms with Gasteiger partial charge in [0.2, 0.25) is 5.91 Å². The molecule has 1 saturated heterocycles. The molecule has 3 heterocycles. The van der Waals surface area contributed by atoms with Crippen LogP contribution in [0.25, 0.3) is 10.9 Å². The summed E-state index contributed by atoms with van der Waals surface area (Å²) < 4.78 is 0. The molecule has 0 spiro atoms. The highest BCUT2D eigenvalue weighted by Crippen LogP contribution is 2.31. The number of aromatic nitrogens is 2. The number of benzene rings is 1. The molecule has 0 unspecified atom stereocenters. The second kappa shape index (κ2) is 6.72. The van der Waals surface area contributed by atoms with Crippen LogP contribution in [0.15, 0.2) is 53.5 Å². The van der Waals surface area contributed by atoms with E-state index in [2.05, 4.69) is 20.9 Å². The Kier molecular flexibility index (Phi) is 4.26. The minimum atomic E-state index is -0.536. The van der Waals surface area contributed by atoms with Gasteiger partial charge in [-0.3, -0.25) is 19.5 Å². The van der Waals surface area contributed by atoms with Crippen molar-refractivity contribution in [3.8, 4) is 0 Å². The molecular formula is C20H20N4O2. The maximum atomic E-state index is 12.5. The highest BCUT2D eigenvalue weighted by Gasteiger charge is 2.27. The number of H-pyrrole nitrogens is 1. The van der Waals surface area contributed by atoms with Crippen molar-refractivity contribution in [3.05, 3.63) is 75.8 Å². The largest absolute Gasteiger partial charge is 0.366 e. The summed E-state index contributed by atoms with van der Waals surface area (Å²) in [6.45, 7) is 1.63. The lowest BCUT2D eigenvalue weighted by molar-refractivity contribution is 0.100. The Morgan fingerprint density at radius 2 is 2.15 bits per heavy atom. The molecule has 1 amide bonds. The van der Waals surface area contributed by atoms with Gasteiger partial charge in [0, 0.05) is 41.0 Å². The number of fused-ring (bicyclic) bond motifs is 1. The lowest BCUT2D eigenvalue weighted by Crippen LogP contribution is -2.24. The van der Waals surface area contributed by atoms with Gasteiger partial charge in [-0.15, -0.1) is 0 Å². The van der Waals surface area contributed by atoms with E-state index < -0.39 is 5.91 Å². The topological polar surface area (TPSA) is 92.1 Å². The average molecular weight is 348 g/mol. The highest BCUT2D eigenvalue weighted by molar-refractivity contribution is 5.96. The number of aromatic amines is 1. The fourth-order valence-electron chi connectivity index (χ4n) is 3.68. The molecule has 0 bridgehead atoms. The SMILES string of the molecule is NC(=O)c1ccc2[nH]c(CN3CCC[C@@H]3c3ccccn3)cc(=O)c2c1. The van der Waals surface area contributed by atoms with Gasteiger partial charge in [0.1, 0.15) is 0 Å². The third-order valence-corrected chi connectivity index (χ3v) is 4.94. The van der Waals surface area contributed by atoms with Crippen molar-refractivity contribution in [2.45, 2.75) is 25.4 Å². The molecule has 6 heteroatoms. The maximum Gasteiger partial charge on any atom is 0.248 e. The van der Waals surface area contributed by atoms with Crippen LogP contribution in [0, 0.1) is 0 Å². The predicted molar refractivity (Wildman–Crippen MR) is 99.7 cm³/mol. The van der Waals surface area contributed by atoms with Crippen molar-refractivity contribution in [1.29, 1.82) is 0 Å².